The molecular formula is C16H26O. The summed E-state index contributed by atoms with van der Waals surface area (Å²) < 4.78 is 6.35. The van der Waals surface area contributed by atoms with Crippen molar-refractivity contribution >= 4 is 0 Å². The van der Waals surface area contributed by atoms with Crippen LogP contribution in [-0.2, 0) is 6.42 Å². The van der Waals surface area contributed by atoms with Crippen molar-refractivity contribution in [2.75, 3.05) is 0 Å². The van der Waals surface area contributed by atoms with Gasteiger partial charge in [0.15, 0.2) is 0 Å². The summed E-state index contributed by atoms with van der Waals surface area (Å²) >= 11 is 0. The van der Waals surface area contributed by atoms with Gasteiger partial charge in [-0.1, -0.05) is 19.4 Å². The third-order valence-electron chi connectivity index (χ3n) is 4.15. The predicted molar refractivity (Wildman–Crippen MR) is 75.0 cm³/mol. The Balaban J connectivity index is 0.00000162. The molecule has 0 N–H and O–H groups in total. The topological polar surface area (TPSA) is 9.23 Å². The monoisotopic (exact) mass is 234 g/mol. The second-order valence-electron chi connectivity index (χ2n) is 5.75. The number of ether oxygens (including phenoxy) is 1. The molecule has 1 aliphatic heterocycles. The van der Waals surface area contributed by atoms with Gasteiger partial charge in [-0.3, -0.25) is 0 Å². The summed E-state index contributed by atoms with van der Waals surface area (Å²) in [7, 11) is 0. The van der Waals surface area contributed by atoms with Crippen LogP contribution in [0.1, 0.15) is 56.8 Å². The molecule has 0 aromatic heterocycles. The van der Waals surface area contributed by atoms with Gasteiger partial charge in [0.2, 0.25) is 0 Å². The van der Waals surface area contributed by atoms with Crippen molar-refractivity contribution in [3.05, 3.63) is 28.3 Å². The minimum atomic E-state index is 0. The van der Waals surface area contributed by atoms with Gasteiger partial charge in [-0.2, -0.15) is 0 Å². The van der Waals surface area contributed by atoms with Gasteiger partial charge in [0.1, 0.15) is 11.4 Å². The maximum Gasteiger partial charge on any atom is 0.126 e. The van der Waals surface area contributed by atoms with E-state index >= 15 is 0 Å². The Morgan fingerprint density at radius 3 is 2.65 bits per heavy atom. The minimum absolute atomic E-state index is 0. The molecule has 96 valence electrons. The highest BCUT2D eigenvalue weighted by Crippen LogP contribution is 2.40. The molecule has 1 aliphatic rings. The van der Waals surface area contributed by atoms with Gasteiger partial charge in [0.05, 0.1) is 0 Å². The van der Waals surface area contributed by atoms with E-state index < -0.39 is 0 Å². The van der Waals surface area contributed by atoms with E-state index in [2.05, 4.69) is 40.7 Å². The zero-order valence-electron chi connectivity index (χ0n) is 11.8. The van der Waals surface area contributed by atoms with Crippen LogP contribution in [0.3, 0.4) is 0 Å². The summed E-state index contributed by atoms with van der Waals surface area (Å²) in [6.45, 7) is 11.1. The molecule has 0 bridgehead atoms. The molecule has 1 heteroatoms. The first-order chi connectivity index (χ1) is 7.97. The van der Waals surface area contributed by atoms with Gasteiger partial charge < -0.3 is 4.74 Å². The smallest absolute Gasteiger partial charge is 0.126 e. The normalized spacial score (nSPS) is 23.1. The Labute approximate surface area is 107 Å². The second-order valence-corrected chi connectivity index (χ2v) is 5.75. The number of rotatable bonds is 2. The molecule has 0 fully saturated rings. The molecule has 0 aliphatic carbocycles. The minimum Gasteiger partial charge on any atom is -0.487 e. The molecule has 2 rings (SSSR count). The lowest BCUT2D eigenvalue weighted by Gasteiger charge is -2.37. The first kappa shape index (κ1) is 12.5. The molecule has 0 radical (unpaired) electrons. The van der Waals surface area contributed by atoms with E-state index in [-0.39, 0.29) is 7.03 Å². The SMILES string of the molecule is CCCC1(C)CCc2c(C)cc(C)c(C)c2O1.[HH]. The average molecular weight is 234 g/mol. The van der Waals surface area contributed by atoms with E-state index in [1.807, 2.05) is 0 Å². The van der Waals surface area contributed by atoms with Crippen molar-refractivity contribution in [3.63, 3.8) is 0 Å². The molecule has 17 heavy (non-hydrogen) atoms. The summed E-state index contributed by atoms with van der Waals surface area (Å²) in [6, 6.07) is 2.29. The van der Waals surface area contributed by atoms with Gasteiger partial charge >= 0.3 is 0 Å². The van der Waals surface area contributed by atoms with Crippen LogP contribution in [0.25, 0.3) is 0 Å². The average Bonchev–Trinajstić information content (AvgIpc) is 2.26. The highest BCUT2D eigenvalue weighted by molar-refractivity contribution is 5.51. The number of hydrogen-bond acceptors (Lipinski definition) is 1. The van der Waals surface area contributed by atoms with Gasteiger partial charge in [-0.15, -0.1) is 0 Å². The number of hydrogen-bond donors (Lipinski definition) is 0. The lowest BCUT2D eigenvalue weighted by molar-refractivity contribution is 0.0544. The molecule has 1 unspecified atom stereocenters. The van der Waals surface area contributed by atoms with Crippen LogP contribution in [0.15, 0.2) is 6.07 Å². The van der Waals surface area contributed by atoms with E-state index in [0.29, 0.717) is 0 Å². The molecule has 1 nitrogen and oxygen atoms in total. The molecule has 1 atom stereocenters. The van der Waals surface area contributed by atoms with E-state index in [1.165, 1.54) is 40.8 Å². The van der Waals surface area contributed by atoms with Crippen LogP contribution in [0.5, 0.6) is 5.75 Å². The lowest BCUT2D eigenvalue weighted by Crippen LogP contribution is -2.36. The maximum atomic E-state index is 6.35. The molecule has 1 aromatic carbocycles. The van der Waals surface area contributed by atoms with Crippen molar-refractivity contribution in [1.29, 1.82) is 0 Å². The number of aryl methyl sites for hydroxylation is 2. The van der Waals surface area contributed by atoms with Gasteiger partial charge in [0, 0.05) is 1.43 Å². The molecule has 0 spiro atoms. The number of benzene rings is 1. The van der Waals surface area contributed by atoms with Gasteiger partial charge in [-0.25, -0.2) is 0 Å². The van der Waals surface area contributed by atoms with Crippen LogP contribution in [-0.4, -0.2) is 5.60 Å². The van der Waals surface area contributed by atoms with Crippen LogP contribution >= 0.6 is 0 Å². The Bertz CT molecular complexity index is 439. The summed E-state index contributed by atoms with van der Waals surface area (Å²) in [6.07, 6.45) is 4.66. The summed E-state index contributed by atoms with van der Waals surface area (Å²) in [5.74, 6) is 1.17. The van der Waals surface area contributed by atoms with Crippen molar-refractivity contribution in [2.45, 2.75) is 65.9 Å². The van der Waals surface area contributed by atoms with Gasteiger partial charge in [-0.05, 0) is 69.2 Å². The van der Waals surface area contributed by atoms with Crippen LogP contribution in [0, 0.1) is 20.8 Å². The summed E-state index contributed by atoms with van der Waals surface area (Å²) in [5, 5.41) is 0. The van der Waals surface area contributed by atoms with Crippen molar-refractivity contribution in [3.8, 4) is 5.75 Å². The molecular weight excluding hydrogens is 208 g/mol. The molecule has 1 aromatic rings. The van der Waals surface area contributed by atoms with Crippen LogP contribution in [0.4, 0.5) is 0 Å². The Kier molecular flexibility index (Phi) is 3.20. The summed E-state index contributed by atoms with van der Waals surface area (Å²) in [5.41, 5.74) is 5.55. The molecule has 0 saturated heterocycles. The molecule has 1 heterocycles. The fraction of sp³-hybridized carbons (Fsp3) is 0.625. The predicted octanol–water partition coefficient (Wildman–Crippen LogP) is 4.74. The zero-order chi connectivity index (χ0) is 12.6. The van der Waals surface area contributed by atoms with Crippen molar-refractivity contribution < 1.29 is 6.16 Å². The van der Waals surface area contributed by atoms with E-state index in [4.69, 9.17) is 4.74 Å². The van der Waals surface area contributed by atoms with E-state index in [1.54, 1.807) is 0 Å². The third-order valence-corrected chi connectivity index (χ3v) is 4.15. The highest BCUT2D eigenvalue weighted by Gasteiger charge is 2.32. The van der Waals surface area contributed by atoms with Crippen molar-refractivity contribution in [2.24, 2.45) is 0 Å². The quantitative estimate of drug-likeness (QED) is 0.718. The van der Waals surface area contributed by atoms with E-state index in [0.717, 1.165) is 12.8 Å². The largest absolute Gasteiger partial charge is 0.487 e. The van der Waals surface area contributed by atoms with Gasteiger partial charge in [0.25, 0.3) is 0 Å². The zero-order valence-corrected chi connectivity index (χ0v) is 11.8. The standard InChI is InChI=1S/C16H24O.H2/c1-6-8-16(5)9-7-14-12(3)10-11(2)13(4)15(14)17-16;/h10H,6-9H2,1-5H3;1H. The first-order valence-corrected chi connectivity index (χ1v) is 6.75. The van der Waals surface area contributed by atoms with E-state index in [9.17, 15) is 0 Å². The maximum absolute atomic E-state index is 6.35. The Morgan fingerprint density at radius 2 is 2.00 bits per heavy atom. The molecule has 0 amide bonds. The van der Waals surface area contributed by atoms with Crippen LogP contribution in [0.2, 0.25) is 0 Å². The lowest BCUT2D eigenvalue weighted by atomic mass is 9.85. The Hall–Kier alpha value is -0.980. The third kappa shape index (κ3) is 2.20. The highest BCUT2D eigenvalue weighted by atomic mass is 16.5. The second kappa shape index (κ2) is 4.36. The summed E-state index contributed by atoms with van der Waals surface area (Å²) in [4.78, 5) is 0. The fourth-order valence-electron chi connectivity index (χ4n) is 2.95. The van der Waals surface area contributed by atoms with Crippen molar-refractivity contribution in [1.82, 2.24) is 0 Å². The Morgan fingerprint density at radius 1 is 1.29 bits per heavy atom. The van der Waals surface area contributed by atoms with Crippen LogP contribution < -0.4 is 4.74 Å². The molecule has 0 saturated carbocycles. The number of fused-ring (bicyclic) bond motifs is 1. The first-order valence-electron chi connectivity index (χ1n) is 6.75. The fourth-order valence-corrected chi connectivity index (χ4v) is 2.95.